The lowest BCUT2D eigenvalue weighted by atomic mass is 10.5. The third-order valence-corrected chi connectivity index (χ3v) is 9.29. The van der Waals surface area contributed by atoms with Gasteiger partial charge in [-0.05, 0) is 22.5 Å². The maximum Gasteiger partial charge on any atom is 0.272 e. The van der Waals surface area contributed by atoms with E-state index in [-0.39, 0.29) is 0 Å². The largest absolute Gasteiger partial charge is 0.499 e. The van der Waals surface area contributed by atoms with Gasteiger partial charge in [0.15, 0.2) is 0 Å². The lowest BCUT2D eigenvalue weighted by Gasteiger charge is -2.39. The second-order valence-electron chi connectivity index (χ2n) is 5.50. The number of rotatable bonds is 7. The van der Waals surface area contributed by atoms with Crippen LogP contribution in [0.15, 0.2) is 12.7 Å². The quantitative estimate of drug-likeness (QED) is 0.296. The van der Waals surface area contributed by atoms with Crippen LogP contribution in [-0.4, -0.2) is 21.5 Å². The fourth-order valence-corrected chi connectivity index (χ4v) is 7.66. The van der Waals surface area contributed by atoms with E-state index in [1.165, 1.54) is 0 Å². The summed E-state index contributed by atoms with van der Waals surface area (Å²) in [7, 11) is -1.85. The Morgan fingerprint density at radius 2 is 1.56 bits per heavy atom. The molecule has 0 aliphatic rings. The van der Waals surface area contributed by atoms with Gasteiger partial charge in [0.1, 0.15) is 6.61 Å². The summed E-state index contributed by atoms with van der Waals surface area (Å²) < 4.78 is 11.3. The molecule has 0 radical (unpaired) electrons. The summed E-state index contributed by atoms with van der Waals surface area (Å²) in [5.41, 5.74) is 1.67. The van der Waals surface area contributed by atoms with E-state index in [0.29, 0.717) is 29.8 Å². The van der Waals surface area contributed by atoms with Gasteiger partial charge in [-0.3, -0.25) is 0 Å². The Balaban J connectivity index is 4.65. The van der Waals surface area contributed by atoms with Crippen molar-refractivity contribution in [2.45, 2.75) is 58.2 Å². The van der Waals surface area contributed by atoms with Gasteiger partial charge in [0.2, 0.25) is 0 Å². The highest BCUT2D eigenvalue weighted by Gasteiger charge is 2.46. The molecule has 0 atom stereocenters. The van der Waals surface area contributed by atoms with Gasteiger partial charge in [-0.15, -0.1) is 6.58 Å². The first-order valence-corrected chi connectivity index (χ1v) is 8.88. The van der Waals surface area contributed by atoms with Crippen LogP contribution < -0.4 is 0 Å². The van der Waals surface area contributed by atoms with Gasteiger partial charge in [0, 0.05) is 0 Å². The summed E-state index contributed by atoms with van der Waals surface area (Å²) in [6, 6.07) is 0. The highest BCUT2D eigenvalue weighted by Crippen LogP contribution is 2.41. The second kappa shape index (κ2) is 8.39. The molecule has 0 saturated carbocycles. The van der Waals surface area contributed by atoms with E-state index in [9.17, 15) is 0 Å². The first-order chi connectivity index (χ1) is 8.39. The molecule has 0 aromatic carbocycles. The molecule has 0 fully saturated rings. The number of ether oxygens (including phenoxy) is 1. The van der Waals surface area contributed by atoms with Gasteiger partial charge < -0.3 is 9.16 Å². The molecule has 0 unspecified atom stereocenters. The van der Waals surface area contributed by atoms with Crippen LogP contribution in [0.25, 0.3) is 0 Å². The highest BCUT2D eigenvalue weighted by molar-refractivity contribution is 6.77. The lowest BCUT2D eigenvalue weighted by molar-refractivity contribution is 0.199. The van der Waals surface area contributed by atoms with Crippen molar-refractivity contribution in [2.75, 3.05) is 13.2 Å². The monoisotopic (exact) mass is 268 g/mol. The minimum Gasteiger partial charge on any atom is -0.499 e. The Morgan fingerprint density at radius 3 is 1.94 bits per heavy atom. The molecule has 0 saturated heterocycles. The van der Waals surface area contributed by atoms with Crippen molar-refractivity contribution in [2.24, 2.45) is 0 Å². The maximum atomic E-state index is 6.07. The molecule has 0 aliphatic carbocycles. The van der Waals surface area contributed by atoms with Crippen LogP contribution in [0, 0.1) is 12.0 Å². The molecular weight excluding hydrogens is 240 g/mol. The van der Waals surface area contributed by atoms with Crippen LogP contribution in [0.1, 0.15) is 41.5 Å². The first-order valence-electron chi connectivity index (χ1n) is 6.74. The summed E-state index contributed by atoms with van der Waals surface area (Å²) in [6.07, 6.45) is 4.60. The SMILES string of the molecule is C=CCOCC#CO[Si](C(C)C)(C(C)C)C(C)C. The lowest BCUT2D eigenvalue weighted by Crippen LogP contribution is -2.46. The van der Waals surface area contributed by atoms with Crippen LogP contribution >= 0.6 is 0 Å². The normalized spacial score (nSPS) is 11.6. The van der Waals surface area contributed by atoms with Crippen molar-refractivity contribution in [1.29, 1.82) is 0 Å². The molecular formula is C15H28O2Si. The minimum atomic E-state index is -1.85. The van der Waals surface area contributed by atoms with Crippen molar-refractivity contribution in [3.8, 4) is 12.0 Å². The van der Waals surface area contributed by atoms with E-state index in [0.717, 1.165) is 0 Å². The van der Waals surface area contributed by atoms with E-state index in [1.54, 1.807) is 6.08 Å². The third kappa shape index (κ3) is 4.51. The fraction of sp³-hybridized carbons (Fsp3) is 0.733. The summed E-state index contributed by atoms with van der Waals surface area (Å²) in [5.74, 6) is 2.93. The predicted molar refractivity (Wildman–Crippen MR) is 80.9 cm³/mol. The maximum absolute atomic E-state index is 6.07. The van der Waals surface area contributed by atoms with Crippen molar-refractivity contribution < 1.29 is 9.16 Å². The molecule has 0 aromatic heterocycles. The topological polar surface area (TPSA) is 18.5 Å². The average molecular weight is 268 g/mol. The minimum absolute atomic E-state index is 0.408. The molecule has 0 spiro atoms. The molecule has 3 heteroatoms. The van der Waals surface area contributed by atoms with E-state index in [2.05, 4.69) is 60.1 Å². The van der Waals surface area contributed by atoms with Gasteiger partial charge in [0.05, 0.1) is 12.7 Å². The molecule has 0 aromatic rings. The molecule has 0 N–H and O–H groups in total. The van der Waals surface area contributed by atoms with Crippen LogP contribution in [0.4, 0.5) is 0 Å². The molecule has 0 amide bonds. The Morgan fingerprint density at radius 1 is 1.06 bits per heavy atom. The van der Waals surface area contributed by atoms with Crippen LogP contribution in [0.3, 0.4) is 0 Å². The Labute approximate surface area is 114 Å². The average Bonchev–Trinajstić information content (AvgIpc) is 2.26. The second-order valence-corrected chi connectivity index (χ2v) is 10.9. The van der Waals surface area contributed by atoms with E-state index in [1.807, 2.05) is 0 Å². The summed E-state index contributed by atoms with van der Waals surface area (Å²) >= 11 is 0. The third-order valence-electron chi connectivity index (χ3n) is 3.42. The molecule has 18 heavy (non-hydrogen) atoms. The zero-order valence-corrected chi connectivity index (χ0v) is 13.7. The van der Waals surface area contributed by atoms with Crippen molar-refractivity contribution >= 4 is 8.32 Å². The van der Waals surface area contributed by atoms with Crippen molar-refractivity contribution in [3.05, 3.63) is 12.7 Å². The van der Waals surface area contributed by atoms with Gasteiger partial charge in [-0.25, -0.2) is 0 Å². The van der Waals surface area contributed by atoms with E-state index < -0.39 is 8.32 Å². The molecule has 2 nitrogen and oxygen atoms in total. The molecule has 104 valence electrons. The Kier molecular flexibility index (Phi) is 8.05. The van der Waals surface area contributed by atoms with E-state index >= 15 is 0 Å². The molecule has 0 rings (SSSR count). The van der Waals surface area contributed by atoms with Gasteiger partial charge in [0.25, 0.3) is 8.32 Å². The predicted octanol–water partition coefficient (Wildman–Crippen LogP) is 4.34. The standard InChI is InChI=1S/C15H28O2Si/c1-8-10-16-11-9-12-17-18(13(2)3,14(4)5)15(6)7/h8,13-15H,1,10-11H2,2-7H3. The van der Waals surface area contributed by atoms with Crippen LogP contribution in [-0.2, 0) is 9.16 Å². The Hall–Kier alpha value is -0.723. The summed E-state index contributed by atoms with van der Waals surface area (Å²) in [6.45, 7) is 18.0. The number of hydrogen-bond acceptors (Lipinski definition) is 2. The smallest absolute Gasteiger partial charge is 0.272 e. The van der Waals surface area contributed by atoms with Gasteiger partial charge in [-0.1, -0.05) is 47.6 Å². The van der Waals surface area contributed by atoms with Crippen LogP contribution in [0.5, 0.6) is 0 Å². The molecule has 0 bridgehead atoms. The summed E-state index contributed by atoms with van der Waals surface area (Å²) in [5, 5.41) is 0. The van der Waals surface area contributed by atoms with Gasteiger partial charge >= 0.3 is 0 Å². The summed E-state index contributed by atoms with van der Waals surface area (Å²) in [4.78, 5) is 0. The molecule has 0 heterocycles. The Bertz CT molecular complexity index is 276. The first kappa shape index (κ1) is 17.3. The van der Waals surface area contributed by atoms with Crippen LogP contribution in [0.2, 0.25) is 16.6 Å². The number of hydrogen-bond donors (Lipinski definition) is 0. The fourth-order valence-electron chi connectivity index (χ4n) is 2.70. The molecule has 0 aliphatic heterocycles. The zero-order valence-electron chi connectivity index (χ0n) is 12.7. The van der Waals surface area contributed by atoms with Crippen molar-refractivity contribution in [3.63, 3.8) is 0 Å². The zero-order chi connectivity index (χ0) is 14.2. The van der Waals surface area contributed by atoms with E-state index in [4.69, 9.17) is 9.16 Å². The van der Waals surface area contributed by atoms with Crippen molar-refractivity contribution in [1.82, 2.24) is 0 Å². The van der Waals surface area contributed by atoms with Gasteiger partial charge in [-0.2, -0.15) is 0 Å². The highest BCUT2D eigenvalue weighted by atomic mass is 28.4.